The normalized spacial score (nSPS) is 30.0. The van der Waals surface area contributed by atoms with Crippen LogP contribution in [0, 0.1) is 11.8 Å². The number of hydrogen-bond acceptors (Lipinski definition) is 4. The molecule has 0 aromatic heterocycles. The summed E-state index contributed by atoms with van der Waals surface area (Å²) in [5, 5.41) is 29.3. The maximum absolute atomic E-state index is 10.7. The second kappa shape index (κ2) is 10.9. The van der Waals surface area contributed by atoms with Crippen molar-refractivity contribution in [3.63, 3.8) is 0 Å². The number of carbonyl (C=O) groups is 1. The summed E-state index contributed by atoms with van der Waals surface area (Å²) in [7, 11) is 0. The molecule has 2 aliphatic rings. The highest BCUT2D eigenvalue weighted by molar-refractivity contribution is 5.66. The van der Waals surface area contributed by atoms with Gasteiger partial charge in [0.1, 0.15) is 0 Å². The van der Waals surface area contributed by atoms with E-state index in [0.29, 0.717) is 19.4 Å². The molecule has 5 atom stereocenters. The topological polar surface area (TPSA) is 87.0 Å². The van der Waals surface area contributed by atoms with Gasteiger partial charge in [-0.2, -0.15) is 0 Å². The van der Waals surface area contributed by atoms with Crippen LogP contribution < -0.4 is 0 Å². The average molecular weight is 366 g/mol. The lowest BCUT2D eigenvalue weighted by Crippen LogP contribution is -2.21. The Morgan fingerprint density at radius 1 is 1.38 bits per heavy atom. The van der Waals surface area contributed by atoms with E-state index in [4.69, 9.17) is 9.84 Å². The molecule has 0 aromatic carbocycles. The Morgan fingerprint density at radius 3 is 2.92 bits per heavy atom. The minimum Gasteiger partial charge on any atom is -0.481 e. The van der Waals surface area contributed by atoms with E-state index >= 15 is 0 Å². The zero-order chi connectivity index (χ0) is 18.9. The maximum atomic E-state index is 10.7. The Labute approximate surface area is 156 Å². The lowest BCUT2D eigenvalue weighted by molar-refractivity contribution is -0.137. The van der Waals surface area contributed by atoms with Crippen molar-refractivity contribution in [2.24, 2.45) is 11.8 Å². The second-order valence-corrected chi connectivity index (χ2v) is 7.69. The third-order valence-corrected chi connectivity index (χ3v) is 5.60. The zero-order valence-corrected chi connectivity index (χ0v) is 15.8. The number of allylic oxidation sites excluding steroid dienone is 1. The van der Waals surface area contributed by atoms with Gasteiger partial charge in [0.25, 0.3) is 0 Å². The van der Waals surface area contributed by atoms with Crippen LogP contribution >= 0.6 is 0 Å². The summed E-state index contributed by atoms with van der Waals surface area (Å²) >= 11 is 0. The van der Waals surface area contributed by atoms with Crippen molar-refractivity contribution in [3.05, 3.63) is 23.8 Å². The quantitative estimate of drug-likeness (QED) is 0.407. The lowest BCUT2D eigenvalue weighted by atomic mass is 9.89. The van der Waals surface area contributed by atoms with Crippen LogP contribution in [-0.4, -0.2) is 46.2 Å². The molecule has 2 rings (SSSR count). The molecule has 148 valence electrons. The van der Waals surface area contributed by atoms with Crippen LogP contribution in [0.25, 0.3) is 0 Å². The second-order valence-electron chi connectivity index (χ2n) is 7.69. The number of aliphatic hydroxyl groups excluding tert-OH is 2. The van der Waals surface area contributed by atoms with Gasteiger partial charge in [-0.15, -0.1) is 0 Å². The van der Waals surface area contributed by atoms with Crippen LogP contribution in [0.5, 0.6) is 0 Å². The van der Waals surface area contributed by atoms with Crippen LogP contribution in [0.15, 0.2) is 23.8 Å². The molecule has 1 fully saturated rings. The van der Waals surface area contributed by atoms with E-state index in [2.05, 4.69) is 13.0 Å². The fourth-order valence-electron chi connectivity index (χ4n) is 4.05. The summed E-state index contributed by atoms with van der Waals surface area (Å²) in [6.45, 7) is 2.68. The van der Waals surface area contributed by atoms with Gasteiger partial charge in [-0.05, 0) is 37.2 Å². The van der Waals surface area contributed by atoms with Crippen LogP contribution in [0.1, 0.15) is 64.7 Å². The fraction of sp³-hybridized carbons (Fsp3) is 0.762. The number of aliphatic hydroxyl groups is 2. The summed E-state index contributed by atoms with van der Waals surface area (Å²) in [5.74, 6) is -0.528. The molecule has 1 aliphatic heterocycles. The first-order chi connectivity index (χ1) is 12.5. The molecular weight excluding hydrogens is 332 g/mol. The largest absolute Gasteiger partial charge is 0.481 e. The van der Waals surface area contributed by atoms with Crippen LogP contribution in [0.3, 0.4) is 0 Å². The molecule has 0 radical (unpaired) electrons. The summed E-state index contributed by atoms with van der Waals surface area (Å²) in [6, 6.07) is 0. The van der Waals surface area contributed by atoms with Gasteiger partial charge in [-0.1, -0.05) is 44.4 Å². The highest BCUT2D eigenvalue weighted by Gasteiger charge is 2.42. The molecule has 26 heavy (non-hydrogen) atoms. The zero-order valence-electron chi connectivity index (χ0n) is 15.8. The molecule has 0 amide bonds. The smallest absolute Gasteiger partial charge is 0.303 e. The molecule has 0 unspecified atom stereocenters. The molecule has 3 N–H and O–H groups in total. The summed E-state index contributed by atoms with van der Waals surface area (Å²) in [5.41, 5.74) is 1.16. The van der Waals surface area contributed by atoms with E-state index in [0.717, 1.165) is 44.1 Å². The van der Waals surface area contributed by atoms with Gasteiger partial charge >= 0.3 is 5.97 Å². The van der Waals surface area contributed by atoms with Crippen molar-refractivity contribution in [2.75, 3.05) is 6.61 Å². The first-order valence-electron chi connectivity index (χ1n) is 10.1. The number of ether oxygens (including phenoxy) is 1. The van der Waals surface area contributed by atoms with Crippen molar-refractivity contribution in [2.45, 2.75) is 83.0 Å². The Morgan fingerprint density at radius 2 is 2.19 bits per heavy atom. The highest BCUT2D eigenvalue weighted by Crippen LogP contribution is 2.40. The summed E-state index contributed by atoms with van der Waals surface area (Å²) in [4.78, 5) is 10.7. The molecule has 0 aromatic rings. The van der Waals surface area contributed by atoms with E-state index in [1.54, 1.807) is 0 Å². The minimum atomic E-state index is -0.761. The molecule has 5 nitrogen and oxygen atoms in total. The molecule has 0 saturated heterocycles. The van der Waals surface area contributed by atoms with Gasteiger partial charge in [-0.25, -0.2) is 0 Å². The van der Waals surface area contributed by atoms with E-state index in [1.165, 1.54) is 0 Å². The van der Waals surface area contributed by atoms with Gasteiger partial charge in [-0.3, -0.25) is 4.79 Å². The van der Waals surface area contributed by atoms with Crippen molar-refractivity contribution in [1.82, 2.24) is 0 Å². The number of carboxylic acids is 1. The van der Waals surface area contributed by atoms with E-state index in [9.17, 15) is 15.0 Å². The van der Waals surface area contributed by atoms with E-state index < -0.39 is 18.2 Å². The predicted octanol–water partition coefficient (Wildman–Crippen LogP) is 3.45. The summed E-state index contributed by atoms with van der Waals surface area (Å²) in [6.07, 6.45) is 12.3. The Hall–Kier alpha value is -1.17. The number of carboxylic acid groups (broad SMARTS) is 1. The Balaban J connectivity index is 1.89. The molecule has 0 bridgehead atoms. The monoisotopic (exact) mass is 366 g/mol. The Bertz CT molecular complexity index is 499. The SMILES string of the molecule is CCCCC[C@H](O)/C=C/[C@@H]1[C@H]2CC=C(CCCC(=O)O)CO[C@H]2C[C@H]1O. The number of fused-ring (bicyclic) bond motifs is 1. The predicted molar refractivity (Wildman–Crippen MR) is 101 cm³/mol. The van der Waals surface area contributed by atoms with Gasteiger partial charge in [0.05, 0.1) is 24.9 Å². The molecule has 5 heteroatoms. The third-order valence-electron chi connectivity index (χ3n) is 5.60. The van der Waals surface area contributed by atoms with Crippen molar-refractivity contribution < 1.29 is 24.9 Å². The van der Waals surface area contributed by atoms with Gasteiger partial charge < -0.3 is 20.1 Å². The number of hydrogen-bond donors (Lipinski definition) is 3. The number of aliphatic carboxylic acids is 1. The number of rotatable bonds is 10. The van der Waals surface area contributed by atoms with Gasteiger partial charge in [0.15, 0.2) is 0 Å². The van der Waals surface area contributed by atoms with Crippen molar-refractivity contribution in [1.29, 1.82) is 0 Å². The molecule has 1 saturated carbocycles. The standard InChI is InChI=1S/C21H34O5/c1-2-3-4-7-16(22)10-12-17-18-11-9-15(6-5-8-21(24)25)14-26-20(18)13-19(17)23/h9-10,12,16-20,22-23H,2-8,11,13-14H2,1H3,(H,24,25)/b12-10+/t16-,17+,18+,19+,20-/m0/s1. The molecule has 1 aliphatic carbocycles. The number of unbranched alkanes of at least 4 members (excludes halogenated alkanes) is 2. The van der Waals surface area contributed by atoms with Crippen LogP contribution in [0.4, 0.5) is 0 Å². The van der Waals surface area contributed by atoms with Gasteiger partial charge in [0.2, 0.25) is 0 Å². The highest BCUT2D eigenvalue weighted by atomic mass is 16.5. The van der Waals surface area contributed by atoms with Crippen molar-refractivity contribution >= 4 is 5.97 Å². The van der Waals surface area contributed by atoms with Crippen molar-refractivity contribution in [3.8, 4) is 0 Å². The Kier molecular flexibility index (Phi) is 8.82. The lowest BCUT2D eigenvalue weighted by Gasteiger charge is -2.20. The molecule has 0 spiro atoms. The molecular formula is C21H34O5. The van der Waals surface area contributed by atoms with E-state index in [-0.39, 0.29) is 24.4 Å². The molecule has 1 heterocycles. The van der Waals surface area contributed by atoms with E-state index in [1.807, 2.05) is 12.2 Å². The first-order valence-corrected chi connectivity index (χ1v) is 10.1. The van der Waals surface area contributed by atoms with Crippen LogP contribution in [-0.2, 0) is 9.53 Å². The van der Waals surface area contributed by atoms with Crippen LogP contribution in [0.2, 0.25) is 0 Å². The first kappa shape index (κ1) is 21.1. The summed E-state index contributed by atoms with van der Waals surface area (Å²) < 4.78 is 6.01. The fourth-order valence-corrected chi connectivity index (χ4v) is 4.05. The average Bonchev–Trinajstić information content (AvgIpc) is 2.75. The maximum Gasteiger partial charge on any atom is 0.303 e. The third kappa shape index (κ3) is 6.53. The van der Waals surface area contributed by atoms with Gasteiger partial charge in [0, 0.05) is 18.8 Å². The minimum absolute atomic E-state index is 0.00967.